The Bertz CT molecular complexity index is 611. The van der Waals surface area contributed by atoms with Crippen LogP contribution in [0, 0.1) is 0 Å². The van der Waals surface area contributed by atoms with Crippen molar-refractivity contribution in [1.29, 1.82) is 0 Å². The lowest BCUT2D eigenvalue weighted by Crippen LogP contribution is -2.42. The van der Waals surface area contributed by atoms with Crippen LogP contribution < -0.4 is 0 Å². The summed E-state index contributed by atoms with van der Waals surface area (Å²) >= 11 is 0. The summed E-state index contributed by atoms with van der Waals surface area (Å²) in [6, 6.07) is 8.45. The molecule has 1 aromatic rings. The first-order chi connectivity index (χ1) is 11.8. The largest absolute Gasteiger partial charge is 0.444 e. The van der Waals surface area contributed by atoms with Crippen LogP contribution in [0.25, 0.3) is 0 Å². The lowest BCUT2D eigenvalue weighted by molar-refractivity contribution is 0.0222. The summed E-state index contributed by atoms with van der Waals surface area (Å²) in [5.41, 5.74) is 2.11. The van der Waals surface area contributed by atoms with Crippen molar-refractivity contribution in [1.82, 2.24) is 9.80 Å². The predicted octanol–water partition coefficient (Wildman–Crippen LogP) is 2.98. The molecular formula is C20H30N2O3. The van der Waals surface area contributed by atoms with Crippen LogP contribution in [0.5, 0.6) is 0 Å². The molecule has 0 spiro atoms. The molecule has 1 N–H and O–H groups in total. The Kier molecular flexibility index (Phi) is 5.35. The molecule has 2 aliphatic rings. The molecule has 1 fully saturated rings. The molecular weight excluding hydrogens is 316 g/mol. The van der Waals surface area contributed by atoms with E-state index in [0.29, 0.717) is 13.1 Å². The van der Waals surface area contributed by atoms with Crippen molar-refractivity contribution in [2.75, 3.05) is 26.2 Å². The number of rotatable bonds is 1. The van der Waals surface area contributed by atoms with Crippen molar-refractivity contribution in [2.24, 2.45) is 0 Å². The third kappa shape index (κ3) is 4.33. The number of carbonyl (C=O) groups is 1. The van der Waals surface area contributed by atoms with E-state index in [1.165, 1.54) is 11.1 Å². The molecule has 1 amide bonds. The molecule has 25 heavy (non-hydrogen) atoms. The van der Waals surface area contributed by atoms with Crippen molar-refractivity contribution in [3.05, 3.63) is 35.4 Å². The topological polar surface area (TPSA) is 53.0 Å². The monoisotopic (exact) mass is 346 g/mol. The summed E-state index contributed by atoms with van der Waals surface area (Å²) in [6.45, 7) is 8.67. The normalized spacial score (nSPS) is 25.2. The smallest absolute Gasteiger partial charge is 0.410 e. The van der Waals surface area contributed by atoms with Gasteiger partial charge in [-0.2, -0.15) is 0 Å². The number of aliphatic hydroxyl groups excluding tert-OH is 1. The third-order valence-electron chi connectivity index (χ3n) is 5.02. The van der Waals surface area contributed by atoms with Gasteiger partial charge < -0.3 is 14.7 Å². The van der Waals surface area contributed by atoms with Gasteiger partial charge in [-0.25, -0.2) is 4.79 Å². The average molecular weight is 346 g/mol. The second-order valence-electron chi connectivity index (χ2n) is 8.11. The maximum atomic E-state index is 12.3. The zero-order valence-electron chi connectivity index (χ0n) is 15.6. The van der Waals surface area contributed by atoms with Crippen LogP contribution in [-0.4, -0.2) is 58.9 Å². The summed E-state index contributed by atoms with van der Waals surface area (Å²) in [4.78, 5) is 16.5. The number of benzene rings is 1. The second-order valence-corrected chi connectivity index (χ2v) is 8.11. The lowest BCUT2D eigenvalue weighted by atomic mass is 9.84. The highest BCUT2D eigenvalue weighted by Gasteiger charge is 2.34. The van der Waals surface area contributed by atoms with Crippen LogP contribution in [0.15, 0.2) is 24.3 Å². The molecule has 2 unspecified atom stereocenters. The summed E-state index contributed by atoms with van der Waals surface area (Å²) in [6.07, 6.45) is 2.05. The molecule has 0 saturated carbocycles. The van der Waals surface area contributed by atoms with E-state index >= 15 is 0 Å². The second kappa shape index (κ2) is 7.34. The van der Waals surface area contributed by atoms with Crippen LogP contribution in [0.1, 0.15) is 50.8 Å². The van der Waals surface area contributed by atoms with Crippen molar-refractivity contribution >= 4 is 6.09 Å². The van der Waals surface area contributed by atoms with Crippen molar-refractivity contribution < 1.29 is 14.6 Å². The maximum Gasteiger partial charge on any atom is 0.410 e. The van der Waals surface area contributed by atoms with Gasteiger partial charge >= 0.3 is 6.09 Å². The summed E-state index contributed by atoms with van der Waals surface area (Å²) in [5, 5.41) is 10.6. The molecule has 1 saturated heterocycles. The first-order valence-corrected chi connectivity index (χ1v) is 9.33. The van der Waals surface area contributed by atoms with Crippen LogP contribution in [0.2, 0.25) is 0 Å². The Balaban J connectivity index is 1.70. The van der Waals surface area contributed by atoms with E-state index in [1.54, 1.807) is 4.90 Å². The van der Waals surface area contributed by atoms with Crippen molar-refractivity contribution in [3.63, 3.8) is 0 Å². The minimum Gasteiger partial charge on any atom is -0.444 e. The third-order valence-corrected chi connectivity index (χ3v) is 5.02. The van der Waals surface area contributed by atoms with Gasteiger partial charge in [-0.15, -0.1) is 0 Å². The molecule has 0 aromatic heterocycles. The Morgan fingerprint density at radius 2 is 1.92 bits per heavy atom. The van der Waals surface area contributed by atoms with E-state index in [4.69, 9.17) is 4.74 Å². The highest BCUT2D eigenvalue weighted by Crippen LogP contribution is 2.35. The number of amides is 1. The molecule has 0 radical (unpaired) electrons. The number of hydrogen-bond donors (Lipinski definition) is 1. The summed E-state index contributed by atoms with van der Waals surface area (Å²) in [7, 11) is 0. The van der Waals surface area contributed by atoms with Gasteiger partial charge in [-0.1, -0.05) is 24.3 Å². The average Bonchev–Trinajstić information content (AvgIpc) is 2.79. The highest BCUT2D eigenvalue weighted by molar-refractivity contribution is 5.68. The Morgan fingerprint density at radius 1 is 1.16 bits per heavy atom. The number of hydrogen-bond acceptors (Lipinski definition) is 4. The molecule has 0 bridgehead atoms. The van der Waals surface area contributed by atoms with Gasteiger partial charge in [0.05, 0.1) is 12.1 Å². The summed E-state index contributed by atoms with van der Waals surface area (Å²) < 4.78 is 5.51. The van der Waals surface area contributed by atoms with Crippen LogP contribution in [0.4, 0.5) is 4.79 Å². The van der Waals surface area contributed by atoms with Crippen molar-refractivity contribution in [2.45, 2.75) is 57.8 Å². The van der Waals surface area contributed by atoms with Gasteiger partial charge in [-0.05, 0) is 51.2 Å². The summed E-state index contributed by atoms with van der Waals surface area (Å²) in [5.74, 6) is 0. The number of ether oxygens (including phenoxy) is 1. The van der Waals surface area contributed by atoms with Crippen LogP contribution in [-0.2, 0) is 11.2 Å². The van der Waals surface area contributed by atoms with Gasteiger partial charge in [0.25, 0.3) is 0 Å². The Labute approximate surface area is 150 Å². The molecule has 5 nitrogen and oxygen atoms in total. The number of carbonyl (C=O) groups excluding carboxylic acids is 1. The molecule has 5 heteroatoms. The highest BCUT2D eigenvalue weighted by atomic mass is 16.6. The van der Waals surface area contributed by atoms with Gasteiger partial charge in [0.1, 0.15) is 5.60 Å². The molecule has 3 rings (SSSR count). The van der Waals surface area contributed by atoms with Crippen LogP contribution in [0.3, 0.4) is 0 Å². The SMILES string of the molecule is CC(C)(C)OC(=O)N1CCCN(C2c3ccccc3CCC2O)CC1. The minimum absolute atomic E-state index is 0.0311. The number of fused-ring (bicyclic) bond motifs is 1. The Hall–Kier alpha value is -1.59. The number of nitrogens with zero attached hydrogens (tertiary/aromatic N) is 2. The molecule has 1 heterocycles. The van der Waals surface area contributed by atoms with E-state index in [0.717, 1.165) is 32.4 Å². The van der Waals surface area contributed by atoms with Crippen molar-refractivity contribution in [3.8, 4) is 0 Å². The maximum absolute atomic E-state index is 12.3. The number of aryl methyl sites for hydroxylation is 1. The Morgan fingerprint density at radius 3 is 2.68 bits per heavy atom. The lowest BCUT2D eigenvalue weighted by Gasteiger charge is -2.38. The fraction of sp³-hybridized carbons (Fsp3) is 0.650. The van der Waals surface area contributed by atoms with E-state index in [9.17, 15) is 9.90 Å². The first-order valence-electron chi connectivity index (χ1n) is 9.33. The first kappa shape index (κ1) is 18.2. The molecule has 1 aromatic carbocycles. The minimum atomic E-state index is -0.471. The van der Waals surface area contributed by atoms with Gasteiger partial charge in [0.2, 0.25) is 0 Å². The van der Waals surface area contributed by atoms with Crippen LogP contribution >= 0.6 is 0 Å². The van der Waals surface area contributed by atoms with Gasteiger partial charge in [-0.3, -0.25) is 4.90 Å². The van der Waals surface area contributed by atoms with E-state index in [2.05, 4.69) is 29.2 Å². The molecule has 138 valence electrons. The van der Waals surface area contributed by atoms with E-state index in [1.807, 2.05) is 20.8 Å². The zero-order chi connectivity index (χ0) is 18.0. The standard InChI is InChI=1S/C20H30N2O3/c1-20(2,3)25-19(24)22-12-6-11-21(13-14-22)18-16-8-5-4-7-15(16)9-10-17(18)23/h4-5,7-8,17-18,23H,6,9-14H2,1-3H3. The van der Waals surface area contributed by atoms with E-state index in [-0.39, 0.29) is 18.2 Å². The number of aliphatic hydroxyl groups is 1. The fourth-order valence-electron chi connectivity index (χ4n) is 3.88. The molecule has 2 atom stereocenters. The molecule has 1 aliphatic carbocycles. The zero-order valence-corrected chi connectivity index (χ0v) is 15.6. The van der Waals surface area contributed by atoms with Gasteiger partial charge in [0.15, 0.2) is 0 Å². The predicted molar refractivity (Wildman–Crippen MR) is 97.5 cm³/mol. The fourth-order valence-corrected chi connectivity index (χ4v) is 3.88. The molecule has 1 aliphatic heterocycles. The van der Waals surface area contributed by atoms with Gasteiger partial charge in [0, 0.05) is 26.2 Å². The quantitative estimate of drug-likeness (QED) is 0.849. The van der Waals surface area contributed by atoms with E-state index < -0.39 is 5.60 Å².